The van der Waals surface area contributed by atoms with Crippen molar-refractivity contribution in [2.75, 3.05) is 6.61 Å². The lowest BCUT2D eigenvalue weighted by Crippen LogP contribution is -2.26. The van der Waals surface area contributed by atoms with Crippen LogP contribution in [0.5, 0.6) is 5.75 Å². The molecule has 2 aliphatic rings. The Morgan fingerprint density at radius 1 is 1.03 bits per heavy atom. The monoisotopic (exact) mass is 462 g/mol. The maximum absolute atomic E-state index is 15.3. The summed E-state index contributed by atoms with van der Waals surface area (Å²) in [6.07, 6.45) is 7.04. The van der Waals surface area contributed by atoms with E-state index in [1.54, 1.807) is 6.92 Å². The van der Waals surface area contributed by atoms with E-state index in [4.69, 9.17) is 9.47 Å². The summed E-state index contributed by atoms with van der Waals surface area (Å²) in [6, 6.07) is 5.86. The van der Waals surface area contributed by atoms with Crippen LogP contribution >= 0.6 is 0 Å². The van der Waals surface area contributed by atoms with E-state index in [1.807, 2.05) is 6.08 Å². The molecule has 6 heteroatoms. The van der Waals surface area contributed by atoms with Crippen molar-refractivity contribution in [3.63, 3.8) is 0 Å². The lowest BCUT2D eigenvalue weighted by atomic mass is 9.81. The molecule has 4 rings (SSSR count). The third-order valence-electron chi connectivity index (χ3n) is 6.83. The maximum Gasteiger partial charge on any atom is 0.280 e. The molecule has 1 saturated carbocycles. The summed E-state index contributed by atoms with van der Waals surface area (Å²) < 4.78 is 71.3. The molecule has 0 amide bonds. The quantitative estimate of drug-likeness (QED) is 0.295. The number of benzene rings is 2. The Morgan fingerprint density at radius 2 is 1.76 bits per heavy atom. The first-order chi connectivity index (χ1) is 15.9. The zero-order valence-electron chi connectivity index (χ0n) is 18.9. The normalized spacial score (nSPS) is 21.2. The van der Waals surface area contributed by atoms with Crippen LogP contribution in [0.25, 0.3) is 11.1 Å². The van der Waals surface area contributed by atoms with Crippen molar-refractivity contribution >= 4 is 0 Å². The molecule has 0 atom stereocenters. The molecule has 0 aromatic heterocycles. The van der Waals surface area contributed by atoms with Gasteiger partial charge in [-0.25, -0.2) is 17.6 Å². The van der Waals surface area contributed by atoms with Gasteiger partial charge in [0.05, 0.1) is 24.9 Å². The fourth-order valence-corrected chi connectivity index (χ4v) is 5.06. The van der Waals surface area contributed by atoms with Gasteiger partial charge in [-0.05, 0) is 68.6 Å². The summed E-state index contributed by atoms with van der Waals surface area (Å²) in [5, 5.41) is 0. The topological polar surface area (TPSA) is 18.5 Å². The maximum atomic E-state index is 15.3. The molecule has 0 radical (unpaired) electrons. The number of fused-ring (bicyclic) bond motifs is 3. The van der Waals surface area contributed by atoms with Gasteiger partial charge in [-0.2, -0.15) is 0 Å². The van der Waals surface area contributed by atoms with Crippen LogP contribution in [0.4, 0.5) is 17.6 Å². The minimum atomic E-state index is -3.53. The highest BCUT2D eigenvalue weighted by atomic mass is 19.3. The number of rotatable bonds is 8. The van der Waals surface area contributed by atoms with Crippen molar-refractivity contribution in [3.05, 3.63) is 65.2 Å². The number of ether oxygens (including phenoxy) is 2. The van der Waals surface area contributed by atoms with Gasteiger partial charge in [0.15, 0.2) is 11.6 Å². The average molecular weight is 463 g/mol. The molecule has 33 heavy (non-hydrogen) atoms. The molecule has 0 N–H and O–H groups in total. The van der Waals surface area contributed by atoms with Gasteiger partial charge in [0.25, 0.3) is 5.92 Å². The molecular formula is C27H30F4O2. The largest absolute Gasteiger partial charge is 0.491 e. The van der Waals surface area contributed by atoms with Gasteiger partial charge in [0.1, 0.15) is 5.82 Å². The van der Waals surface area contributed by atoms with E-state index in [1.165, 1.54) is 24.3 Å². The second-order valence-corrected chi connectivity index (χ2v) is 9.00. The molecule has 2 aromatic carbocycles. The van der Waals surface area contributed by atoms with Gasteiger partial charge >= 0.3 is 0 Å². The molecule has 178 valence electrons. The average Bonchev–Trinajstić information content (AvgIpc) is 2.79. The zero-order chi connectivity index (χ0) is 23.6. The van der Waals surface area contributed by atoms with Crippen molar-refractivity contribution < 1.29 is 27.0 Å². The number of hydrogen-bond acceptors (Lipinski definition) is 2. The van der Waals surface area contributed by atoms with E-state index in [9.17, 15) is 4.39 Å². The van der Waals surface area contributed by atoms with Crippen molar-refractivity contribution in [1.82, 2.24) is 0 Å². The van der Waals surface area contributed by atoms with Crippen LogP contribution in [0.2, 0.25) is 0 Å². The highest BCUT2D eigenvalue weighted by Gasteiger charge is 2.44. The molecule has 0 spiro atoms. The summed E-state index contributed by atoms with van der Waals surface area (Å²) in [4.78, 5) is 0. The van der Waals surface area contributed by atoms with Gasteiger partial charge in [0.2, 0.25) is 0 Å². The Bertz CT molecular complexity index is 1010. The number of hydrogen-bond donors (Lipinski definition) is 0. The van der Waals surface area contributed by atoms with E-state index in [-0.39, 0.29) is 47.3 Å². The van der Waals surface area contributed by atoms with E-state index in [0.29, 0.717) is 5.92 Å². The van der Waals surface area contributed by atoms with E-state index >= 15 is 13.2 Å². The van der Waals surface area contributed by atoms with Gasteiger partial charge in [-0.3, -0.25) is 0 Å². The van der Waals surface area contributed by atoms with Crippen molar-refractivity contribution in [1.29, 1.82) is 0 Å². The number of halogens is 4. The first-order valence-electron chi connectivity index (χ1n) is 11.7. The molecule has 0 aliphatic heterocycles. The van der Waals surface area contributed by atoms with Crippen molar-refractivity contribution in [3.8, 4) is 16.9 Å². The van der Waals surface area contributed by atoms with Gasteiger partial charge in [0, 0.05) is 17.5 Å². The Hall–Kier alpha value is -2.34. The SMILES string of the molecule is C=CCCC1CCC(OCc2ccc3c(c2F)C(F)(F)Cc2c-3ccc(OCC)c2F)CC1. The minimum absolute atomic E-state index is 0.00716. The molecule has 0 bridgehead atoms. The molecule has 0 unspecified atom stereocenters. The van der Waals surface area contributed by atoms with Gasteiger partial charge in [-0.15, -0.1) is 6.58 Å². The third-order valence-corrected chi connectivity index (χ3v) is 6.83. The fourth-order valence-electron chi connectivity index (χ4n) is 5.06. The summed E-state index contributed by atoms with van der Waals surface area (Å²) in [6.45, 7) is 5.62. The highest BCUT2D eigenvalue weighted by Crippen LogP contribution is 2.49. The van der Waals surface area contributed by atoms with Gasteiger partial charge < -0.3 is 9.47 Å². The lowest BCUT2D eigenvalue weighted by Gasteiger charge is -2.30. The highest BCUT2D eigenvalue weighted by molar-refractivity contribution is 5.76. The Labute approximate surface area is 192 Å². The van der Waals surface area contributed by atoms with Crippen LogP contribution in [0.1, 0.15) is 62.1 Å². The molecule has 1 fully saturated rings. The second-order valence-electron chi connectivity index (χ2n) is 9.00. The minimum Gasteiger partial charge on any atom is -0.491 e. The smallest absolute Gasteiger partial charge is 0.280 e. The van der Waals surface area contributed by atoms with Crippen LogP contribution in [-0.4, -0.2) is 12.7 Å². The Balaban J connectivity index is 1.53. The predicted octanol–water partition coefficient (Wildman–Crippen LogP) is 7.72. The molecule has 0 heterocycles. The molecule has 2 aliphatic carbocycles. The van der Waals surface area contributed by atoms with Crippen LogP contribution in [-0.2, 0) is 23.7 Å². The van der Waals surface area contributed by atoms with Crippen molar-refractivity contribution in [2.24, 2.45) is 5.92 Å². The Morgan fingerprint density at radius 3 is 2.45 bits per heavy atom. The molecular weight excluding hydrogens is 432 g/mol. The summed E-state index contributed by atoms with van der Waals surface area (Å²) in [7, 11) is 0. The van der Waals surface area contributed by atoms with Crippen LogP contribution in [0, 0.1) is 17.6 Å². The summed E-state index contributed by atoms with van der Waals surface area (Å²) in [5.41, 5.74) is -0.409. The zero-order valence-corrected chi connectivity index (χ0v) is 18.9. The molecule has 2 aromatic rings. The Kier molecular flexibility index (Phi) is 7.13. The van der Waals surface area contributed by atoms with E-state index in [0.717, 1.165) is 38.5 Å². The third kappa shape index (κ3) is 4.81. The first kappa shape index (κ1) is 23.8. The number of allylic oxidation sites excluding steroid dienone is 1. The molecule has 2 nitrogen and oxygen atoms in total. The van der Waals surface area contributed by atoms with E-state index < -0.39 is 29.5 Å². The van der Waals surface area contributed by atoms with Gasteiger partial charge in [-0.1, -0.05) is 24.3 Å². The number of alkyl halides is 2. The fraction of sp³-hybridized carbons (Fsp3) is 0.481. The summed E-state index contributed by atoms with van der Waals surface area (Å²) in [5.74, 6) is -4.71. The first-order valence-corrected chi connectivity index (χ1v) is 11.7. The summed E-state index contributed by atoms with van der Waals surface area (Å²) >= 11 is 0. The van der Waals surface area contributed by atoms with E-state index in [2.05, 4.69) is 6.58 Å². The van der Waals surface area contributed by atoms with Crippen LogP contribution in [0.15, 0.2) is 36.9 Å². The van der Waals surface area contributed by atoms with Crippen molar-refractivity contribution in [2.45, 2.75) is 70.5 Å². The van der Waals surface area contributed by atoms with Crippen LogP contribution in [0.3, 0.4) is 0 Å². The predicted molar refractivity (Wildman–Crippen MR) is 121 cm³/mol. The lowest BCUT2D eigenvalue weighted by molar-refractivity contribution is -0.0114. The standard InChI is InChI=1S/C27H30F4O2/c1-3-5-6-17-7-10-19(11-8-17)33-16-18-9-12-21-20-13-14-23(32-4-2)26(29)22(20)15-27(30,31)24(21)25(18)28/h3,9,12-14,17,19H,1,4-8,10-11,15-16H2,2H3. The van der Waals surface area contributed by atoms with Crippen LogP contribution < -0.4 is 4.74 Å². The second kappa shape index (κ2) is 9.88. The molecule has 0 saturated heterocycles.